The number of carbonyl (C=O) groups is 6. The molecule has 14 nitrogen and oxygen atoms in total. The van der Waals surface area contributed by atoms with Crippen LogP contribution in [0, 0.1) is 12.8 Å². The topological polar surface area (TPSA) is 180 Å². The SMILES string of the molecule is Cc1cc(Cl)ncc1-c1ccccc1C[C@H](NC(=O)c1cc(Cl)cn(Cc2ccc(Cl)cc2)c1=O)C(=O)N1CCC(CNc2cccc3c2C(=O)N(C2CCC(=O)NC2=O)C3=O)CC1. The molecule has 5 aromatic rings. The second-order valence-corrected chi connectivity index (χ2v) is 17.4. The molecular weight excluding hydrogens is 881 g/mol. The molecule has 3 aromatic carbocycles. The highest BCUT2D eigenvalue weighted by molar-refractivity contribution is 6.31. The highest BCUT2D eigenvalue weighted by Gasteiger charge is 2.45. The summed E-state index contributed by atoms with van der Waals surface area (Å²) in [7, 11) is 0. The molecule has 0 bridgehead atoms. The molecule has 0 radical (unpaired) electrons. The molecule has 8 rings (SSSR count). The number of likely N-dealkylation sites (tertiary alicyclic amines) is 1. The third kappa shape index (κ3) is 9.30. The van der Waals surface area contributed by atoms with E-state index in [0.717, 1.165) is 32.7 Å². The molecule has 64 heavy (non-hydrogen) atoms. The van der Waals surface area contributed by atoms with Gasteiger partial charge in [0.2, 0.25) is 17.7 Å². The molecule has 5 heterocycles. The number of aryl methyl sites for hydroxylation is 1. The molecular formula is C47H42Cl3N7O7. The van der Waals surface area contributed by atoms with Crippen LogP contribution in [-0.4, -0.2) is 86.5 Å². The van der Waals surface area contributed by atoms with Crippen molar-refractivity contribution in [2.45, 2.75) is 57.7 Å². The first kappa shape index (κ1) is 44.3. The van der Waals surface area contributed by atoms with Crippen LogP contribution in [0.2, 0.25) is 15.2 Å². The van der Waals surface area contributed by atoms with Gasteiger partial charge in [-0.05, 0) is 90.8 Å². The number of nitrogens with one attached hydrogen (secondary N) is 3. The number of nitrogens with zero attached hydrogens (tertiary/aromatic N) is 4. The molecule has 328 valence electrons. The predicted octanol–water partition coefficient (Wildman–Crippen LogP) is 6.32. The Morgan fingerprint density at radius 3 is 2.31 bits per heavy atom. The number of aromatic nitrogens is 2. The molecule has 0 spiro atoms. The number of rotatable bonds is 12. The number of hydrogen-bond acceptors (Lipinski definition) is 9. The number of pyridine rings is 2. The quantitative estimate of drug-likeness (QED) is 0.0954. The highest BCUT2D eigenvalue weighted by atomic mass is 35.5. The van der Waals surface area contributed by atoms with Crippen molar-refractivity contribution in [2.24, 2.45) is 5.92 Å². The van der Waals surface area contributed by atoms with Crippen LogP contribution in [-0.2, 0) is 27.3 Å². The average molecular weight is 923 g/mol. The van der Waals surface area contributed by atoms with Gasteiger partial charge in [0, 0.05) is 61.1 Å². The van der Waals surface area contributed by atoms with Gasteiger partial charge in [0.1, 0.15) is 22.8 Å². The highest BCUT2D eigenvalue weighted by Crippen LogP contribution is 2.34. The van der Waals surface area contributed by atoms with Crippen molar-refractivity contribution >= 4 is 75.9 Å². The summed E-state index contributed by atoms with van der Waals surface area (Å²) in [6.45, 7) is 3.19. The molecule has 1 unspecified atom stereocenters. The Labute approximate surface area is 382 Å². The van der Waals surface area contributed by atoms with E-state index >= 15 is 0 Å². The van der Waals surface area contributed by atoms with Crippen molar-refractivity contribution in [2.75, 3.05) is 25.0 Å². The summed E-state index contributed by atoms with van der Waals surface area (Å²) in [6, 6.07) is 20.3. The summed E-state index contributed by atoms with van der Waals surface area (Å²) < 4.78 is 1.34. The molecule has 3 N–H and O–H groups in total. The molecule has 3 aliphatic rings. The zero-order valence-corrected chi connectivity index (χ0v) is 36.8. The Morgan fingerprint density at radius 1 is 0.844 bits per heavy atom. The maximum atomic E-state index is 14.6. The normalized spacial score (nSPS) is 17.0. The molecule has 2 atom stereocenters. The molecule has 0 saturated carbocycles. The van der Waals surface area contributed by atoms with Crippen molar-refractivity contribution in [3.8, 4) is 11.1 Å². The van der Waals surface area contributed by atoms with Crippen molar-refractivity contribution in [1.29, 1.82) is 0 Å². The minimum atomic E-state index is -1.09. The predicted molar refractivity (Wildman–Crippen MR) is 242 cm³/mol. The van der Waals surface area contributed by atoms with Crippen LogP contribution in [0.3, 0.4) is 0 Å². The van der Waals surface area contributed by atoms with E-state index in [2.05, 4.69) is 20.9 Å². The van der Waals surface area contributed by atoms with Crippen molar-refractivity contribution < 1.29 is 28.8 Å². The number of imide groups is 2. The van der Waals surface area contributed by atoms with E-state index < -0.39 is 47.2 Å². The number of hydrogen-bond donors (Lipinski definition) is 3. The first-order chi connectivity index (χ1) is 30.7. The van der Waals surface area contributed by atoms with Crippen LogP contribution >= 0.6 is 34.8 Å². The number of benzene rings is 3. The van der Waals surface area contributed by atoms with Crippen LogP contribution < -0.4 is 21.5 Å². The van der Waals surface area contributed by atoms with Crippen molar-refractivity contribution in [3.05, 3.63) is 150 Å². The number of amides is 6. The van der Waals surface area contributed by atoms with E-state index in [-0.39, 0.29) is 59.3 Å². The van der Waals surface area contributed by atoms with Crippen molar-refractivity contribution in [3.63, 3.8) is 0 Å². The van der Waals surface area contributed by atoms with Crippen LogP contribution in [0.25, 0.3) is 11.1 Å². The number of piperidine rings is 2. The molecule has 6 amide bonds. The van der Waals surface area contributed by atoms with E-state index in [4.69, 9.17) is 34.8 Å². The van der Waals surface area contributed by atoms with Gasteiger partial charge in [-0.15, -0.1) is 0 Å². The summed E-state index contributed by atoms with van der Waals surface area (Å²) in [5, 5.41) is 9.49. The summed E-state index contributed by atoms with van der Waals surface area (Å²) in [5.41, 5.74) is 4.01. The van der Waals surface area contributed by atoms with Crippen LogP contribution in [0.4, 0.5) is 5.69 Å². The van der Waals surface area contributed by atoms with Gasteiger partial charge in [-0.25, -0.2) is 4.98 Å². The van der Waals surface area contributed by atoms with Gasteiger partial charge in [0.25, 0.3) is 23.3 Å². The van der Waals surface area contributed by atoms with Gasteiger partial charge in [-0.1, -0.05) is 77.3 Å². The van der Waals surface area contributed by atoms with E-state index in [1.165, 1.54) is 16.8 Å². The summed E-state index contributed by atoms with van der Waals surface area (Å²) in [6.07, 6.45) is 4.45. The van der Waals surface area contributed by atoms with Gasteiger partial charge < -0.3 is 20.1 Å². The molecule has 3 aliphatic heterocycles. The van der Waals surface area contributed by atoms with Crippen LogP contribution in [0.1, 0.15) is 73.4 Å². The number of anilines is 1. The summed E-state index contributed by atoms with van der Waals surface area (Å²) >= 11 is 18.7. The Balaban J connectivity index is 0.993. The van der Waals surface area contributed by atoms with Gasteiger partial charge in [-0.3, -0.25) is 43.8 Å². The third-order valence-electron chi connectivity index (χ3n) is 12.0. The Bertz CT molecular complexity index is 2770. The van der Waals surface area contributed by atoms with Crippen molar-refractivity contribution in [1.82, 2.24) is 30.0 Å². The van der Waals surface area contributed by atoms with Gasteiger partial charge in [0.05, 0.1) is 22.7 Å². The Kier molecular flexibility index (Phi) is 13.0. The van der Waals surface area contributed by atoms with Crippen LogP contribution in [0.5, 0.6) is 0 Å². The first-order valence-electron chi connectivity index (χ1n) is 20.8. The number of fused-ring (bicyclic) bond motifs is 1. The second-order valence-electron chi connectivity index (χ2n) is 16.2. The number of carbonyl (C=O) groups excluding carboxylic acids is 6. The van der Waals surface area contributed by atoms with E-state index in [0.29, 0.717) is 48.3 Å². The fourth-order valence-corrected chi connectivity index (χ4v) is 9.15. The smallest absolute Gasteiger partial charge is 0.264 e. The minimum Gasteiger partial charge on any atom is -0.384 e. The second kappa shape index (κ2) is 18.8. The molecule has 17 heteroatoms. The molecule has 2 fully saturated rings. The lowest BCUT2D eigenvalue weighted by molar-refractivity contribution is -0.136. The molecule has 2 saturated heterocycles. The zero-order chi connectivity index (χ0) is 45.2. The maximum Gasteiger partial charge on any atom is 0.264 e. The molecule has 2 aromatic heterocycles. The van der Waals surface area contributed by atoms with E-state index in [9.17, 15) is 33.6 Å². The fraction of sp³-hybridized carbons (Fsp3) is 0.277. The minimum absolute atomic E-state index is 0.0200. The number of halogens is 3. The van der Waals surface area contributed by atoms with Crippen LogP contribution in [0.15, 0.2) is 96.1 Å². The van der Waals surface area contributed by atoms with E-state index in [1.54, 1.807) is 59.6 Å². The average Bonchev–Trinajstić information content (AvgIpc) is 3.53. The summed E-state index contributed by atoms with van der Waals surface area (Å²) in [4.78, 5) is 101. The zero-order valence-electron chi connectivity index (χ0n) is 34.5. The lowest BCUT2D eigenvalue weighted by atomic mass is 9.92. The van der Waals surface area contributed by atoms with Gasteiger partial charge >= 0.3 is 0 Å². The Morgan fingerprint density at radius 2 is 1.58 bits per heavy atom. The standard InChI is InChI=1S/C47H42Cl3N7O7/c1-26-19-39(50)52-23-35(26)32-6-3-2-5-29(32)20-37(53-42(59)34-21-31(49)25-56(44(34)61)24-28-9-11-30(48)12-10-28)46(63)55-17-15-27(16-18-55)22-51-36-8-4-7-33-41(36)47(64)57(45(33)62)38-13-14-40(58)54-43(38)60/h2-12,19,21,23,25,27,37-38,51H,13-18,20,22,24H2,1H3,(H,53,59)(H,54,58,60)/t37-,38?/m0/s1. The molecule has 0 aliphatic carbocycles. The monoisotopic (exact) mass is 921 g/mol. The van der Waals surface area contributed by atoms with Gasteiger partial charge in [-0.2, -0.15) is 0 Å². The Hall–Kier alpha value is -6.35. The first-order valence-corrected chi connectivity index (χ1v) is 21.9. The summed E-state index contributed by atoms with van der Waals surface area (Å²) in [5.74, 6) is -3.34. The third-order valence-corrected chi connectivity index (χ3v) is 12.6. The maximum absolute atomic E-state index is 14.6. The largest absolute Gasteiger partial charge is 0.384 e. The fourth-order valence-electron chi connectivity index (χ4n) is 8.58. The van der Waals surface area contributed by atoms with Gasteiger partial charge in [0.15, 0.2) is 0 Å². The van der Waals surface area contributed by atoms with E-state index in [1.807, 2.05) is 31.2 Å². The lowest BCUT2D eigenvalue weighted by Crippen LogP contribution is -2.54. The lowest BCUT2D eigenvalue weighted by Gasteiger charge is -2.35.